The van der Waals surface area contributed by atoms with Crippen LogP contribution < -0.4 is 0 Å². The first-order valence-electron chi connectivity index (χ1n) is 4.15. The molecule has 72 valence electrons. The Morgan fingerprint density at radius 3 is 2.00 bits per heavy atom. The number of carbonyl (C=O) groups is 1. The van der Waals surface area contributed by atoms with Crippen LogP contribution in [0.25, 0.3) is 0 Å². The highest BCUT2D eigenvalue weighted by Crippen LogP contribution is 2.41. The molecule has 0 atom stereocenters. The molecule has 0 radical (unpaired) electrons. The maximum absolute atomic E-state index is 11.2. The van der Waals surface area contributed by atoms with Crippen LogP contribution in [0.1, 0.15) is 41.0 Å². The minimum atomic E-state index is -0.656. The smallest absolute Gasteiger partial charge is 0.300 e. The zero-order valence-electron chi connectivity index (χ0n) is 8.47. The molecule has 0 aliphatic carbocycles. The van der Waals surface area contributed by atoms with Crippen molar-refractivity contribution in [3.8, 4) is 0 Å². The molecule has 0 aliphatic rings. The van der Waals surface area contributed by atoms with E-state index in [0.717, 1.165) is 6.42 Å². The molecule has 0 saturated carbocycles. The monoisotopic (exact) mass is 174 g/mol. The predicted octanol–water partition coefficient (Wildman–Crippen LogP) is 2.46. The van der Waals surface area contributed by atoms with Crippen molar-refractivity contribution in [3.63, 3.8) is 0 Å². The maximum atomic E-state index is 11.2. The van der Waals surface area contributed by atoms with Crippen LogP contribution in [0, 0.1) is 10.8 Å². The van der Waals surface area contributed by atoms with Crippen molar-refractivity contribution in [1.29, 1.82) is 0 Å². The minimum absolute atomic E-state index is 0.174. The molecular weight excluding hydrogens is 156 g/mol. The zero-order valence-corrected chi connectivity index (χ0v) is 8.47. The van der Waals surface area contributed by atoms with E-state index in [4.69, 9.17) is 5.26 Å². The first-order chi connectivity index (χ1) is 5.29. The molecular formula is C9H18O3. The number of hydrogen-bond donors (Lipinski definition) is 1. The van der Waals surface area contributed by atoms with Gasteiger partial charge in [0.15, 0.2) is 0 Å². The first kappa shape index (κ1) is 11.4. The second kappa shape index (κ2) is 3.44. The van der Waals surface area contributed by atoms with E-state index in [-0.39, 0.29) is 5.41 Å². The Balaban J connectivity index is 4.71. The van der Waals surface area contributed by atoms with Crippen molar-refractivity contribution in [1.82, 2.24) is 0 Å². The van der Waals surface area contributed by atoms with Crippen molar-refractivity contribution in [2.45, 2.75) is 41.0 Å². The van der Waals surface area contributed by atoms with Gasteiger partial charge in [0, 0.05) is 0 Å². The summed E-state index contributed by atoms with van der Waals surface area (Å²) < 4.78 is 0. The van der Waals surface area contributed by atoms with Gasteiger partial charge in [-0.1, -0.05) is 20.8 Å². The van der Waals surface area contributed by atoms with E-state index < -0.39 is 11.4 Å². The van der Waals surface area contributed by atoms with Gasteiger partial charge >= 0.3 is 5.97 Å². The number of hydrogen-bond acceptors (Lipinski definition) is 3. The van der Waals surface area contributed by atoms with E-state index in [9.17, 15) is 4.79 Å². The van der Waals surface area contributed by atoms with Crippen molar-refractivity contribution in [2.24, 2.45) is 10.8 Å². The summed E-state index contributed by atoms with van der Waals surface area (Å²) in [5.41, 5.74) is -0.830. The molecule has 1 N–H and O–H groups in total. The van der Waals surface area contributed by atoms with Crippen LogP contribution in [0.4, 0.5) is 0 Å². The van der Waals surface area contributed by atoms with Gasteiger partial charge in [0.25, 0.3) is 0 Å². The summed E-state index contributed by atoms with van der Waals surface area (Å²) in [5, 5.41) is 8.28. The molecule has 0 aliphatic heterocycles. The SMILES string of the molecule is CCC(C)(C)C(C)(C)C(=O)OO. The molecule has 0 aromatic rings. The highest BCUT2D eigenvalue weighted by molar-refractivity contribution is 5.76. The average molecular weight is 174 g/mol. The van der Waals surface area contributed by atoms with E-state index in [1.54, 1.807) is 13.8 Å². The number of carbonyl (C=O) groups excluding carboxylic acids is 1. The molecule has 12 heavy (non-hydrogen) atoms. The summed E-state index contributed by atoms with van der Waals surface area (Å²) in [7, 11) is 0. The van der Waals surface area contributed by atoms with Gasteiger partial charge in [-0.3, -0.25) is 0 Å². The van der Waals surface area contributed by atoms with E-state index >= 15 is 0 Å². The molecule has 0 rings (SSSR count). The highest BCUT2D eigenvalue weighted by atomic mass is 17.1. The van der Waals surface area contributed by atoms with Gasteiger partial charge in [0.2, 0.25) is 0 Å². The van der Waals surface area contributed by atoms with Gasteiger partial charge in [-0.2, -0.15) is 5.26 Å². The highest BCUT2D eigenvalue weighted by Gasteiger charge is 2.43. The molecule has 3 heteroatoms. The molecule has 0 unspecified atom stereocenters. The molecule has 3 nitrogen and oxygen atoms in total. The lowest BCUT2D eigenvalue weighted by Crippen LogP contribution is -2.40. The average Bonchev–Trinajstić information content (AvgIpc) is 2.02. The van der Waals surface area contributed by atoms with E-state index in [2.05, 4.69) is 4.89 Å². The van der Waals surface area contributed by atoms with Crippen LogP contribution in [0.5, 0.6) is 0 Å². The fraction of sp³-hybridized carbons (Fsp3) is 0.889. The van der Waals surface area contributed by atoms with Crippen molar-refractivity contribution >= 4 is 5.97 Å². The van der Waals surface area contributed by atoms with Crippen LogP contribution in [-0.4, -0.2) is 11.2 Å². The van der Waals surface area contributed by atoms with Gasteiger partial charge in [0.1, 0.15) is 0 Å². The molecule has 0 bridgehead atoms. The van der Waals surface area contributed by atoms with Gasteiger partial charge in [-0.15, -0.1) is 0 Å². The lowest BCUT2D eigenvalue weighted by atomic mass is 9.66. The first-order valence-corrected chi connectivity index (χ1v) is 4.15. The van der Waals surface area contributed by atoms with Gasteiger partial charge in [-0.25, -0.2) is 4.79 Å². The summed E-state index contributed by atoms with van der Waals surface area (Å²) in [5.74, 6) is -0.575. The molecule has 0 fully saturated rings. The Labute approximate surface area is 73.7 Å². The Bertz CT molecular complexity index is 171. The second-order valence-corrected chi connectivity index (χ2v) is 4.24. The lowest BCUT2D eigenvalue weighted by molar-refractivity contribution is -0.249. The summed E-state index contributed by atoms with van der Waals surface area (Å²) in [6, 6.07) is 0. The van der Waals surface area contributed by atoms with Gasteiger partial charge < -0.3 is 4.89 Å². The zero-order chi connectivity index (χ0) is 9.99. The van der Waals surface area contributed by atoms with Crippen LogP contribution in [0.2, 0.25) is 0 Å². The maximum Gasteiger partial charge on any atom is 0.348 e. The lowest BCUT2D eigenvalue weighted by Gasteiger charge is -2.37. The fourth-order valence-corrected chi connectivity index (χ4v) is 0.832. The normalized spacial score (nSPS) is 12.8. The molecule has 0 spiro atoms. The van der Waals surface area contributed by atoms with E-state index in [1.165, 1.54) is 0 Å². The Kier molecular flexibility index (Phi) is 3.27. The summed E-state index contributed by atoms with van der Waals surface area (Å²) in [6.45, 7) is 9.50. The van der Waals surface area contributed by atoms with Crippen molar-refractivity contribution in [3.05, 3.63) is 0 Å². The molecule has 0 amide bonds. The van der Waals surface area contributed by atoms with Crippen LogP contribution in [0.3, 0.4) is 0 Å². The van der Waals surface area contributed by atoms with E-state index in [1.807, 2.05) is 20.8 Å². The van der Waals surface area contributed by atoms with Crippen molar-refractivity contribution in [2.75, 3.05) is 0 Å². The third kappa shape index (κ3) is 1.78. The number of rotatable bonds is 3. The summed E-state index contributed by atoms with van der Waals surface area (Å²) >= 11 is 0. The Morgan fingerprint density at radius 1 is 1.33 bits per heavy atom. The topological polar surface area (TPSA) is 46.5 Å². The fourth-order valence-electron chi connectivity index (χ4n) is 0.832. The van der Waals surface area contributed by atoms with Crippen LogP contribution in [0.15, 0.2) is 0 Å². The largest absolute Gasteiger partial charge is 0.348 e. The summed E-state index contributed by atoms with van der Waals surface area (Å²) in [6.07, 6.45) is 0.856. The van der Waals surface area contributed by atoms with E-state index in [0.29, 0.717) is 0 Å². The minimum Gasteiger partial charge on any atom is -0.300 e. The second-order valence-electron chi connectivity index (χ2n) is 4.24. The Morgan fingerprint density at radius 2 is 1.75 bits per heavy atom. The third-order valence-corrected chi connectivity index (χ3v) is 3.17. The predicted molar refractivity (Wildman–Crippen MR) is 46.6 cm³/mol. The third-order valence-electron chi connectivity index (χ3n) is 3.17. The van der Waals surface area contributed by atoms with Crippen LogP contribution in [-0.2, 0) is 9.68 Å². The Hall–Kier alpha value is -0.570. The van der Waals surface area contributed by atoms with Gasteiger partial charge in [0.05, 0.1) is 5.41 Å². The standard InChI is InChI=1S/C9H18O3/c1-6-8(2,3)9(4,5)7(10)12-11/h11H,6H2,1-5H3. The molecule has 0 saturated heterocycles. The molecule has 0 heterocycles. The van der Waals surface area contributed by atoms with Gasteiger partial charge in [-0.05, 0) is 25.7 Å². The molecule has 0 aromatic carbocycles. The van der Waals surface area contributed by atoms with Crippen LogP contribution >= 0.6 is 0 Å². The van der Waals surface area contributed by atoms with Crippen molar-refractivity contribution < 1.29 is 14.9 Å². The summed E-state index contributed by atoms with van der Waals surface area (Å²) in [4.78, 5) is 14.9. The molecule has 0 aromatic heterocycles. The quantitative estimate of drug-likeness (QED) is 0.528.